The quantitative estimate of drug-likeness (QED) is 0.388. The van der Waals surface area contributed by atoms with Crippen LogP contribution in [0.1, 0.15) is 12.1 Å². The summed E-state index contributed by atoms with van der Waals surface area (Å²) >= 11 is 7.38. The number of alkyl halides is 6. The second-order valence-electron chi connectivity index (χ2n) is 6.20. The van der Waals surface area contributed by atoms with E-state index in [2.05, 4.69) is 9.97 Å². The normalized spacial score (nSPS) is 13.3. The number of hydrogen-bond donors (Lipinski definition) is 1. The molecule has 0 spiro atoms. The minimum atomic E-state index is -4.92. The standard InChI is InChI=1S/C18H12ClF6N3OS2/c19-14-8-12(28-31(29)18(23,24)25)1-2-13(14)15-9-30-16(27-15)10-4-6-26-11(7-10)3-5-17(20,21)22/h1-2,4,6-9,28H,3,5H2. The van der Waals surface area contributed by atoms with E-state index in [0.29, 0.717) is 21.8 Å². The summed E-state index contributed by atoms with van der Waals surface area (Å²) in [6, 6.07) is 7.04. The Morgan fingerprint density at radius 3 is 2.48 bits per heavy atom. The van der Waals surface area contributed by atoms with Crippen LogP contribution in [-0.2, 0) is 17.4 Å². The molecule has 0 radical (unpaired) electrons. The number of anilines is 1. The fraction of sp³-hybridized carbons (Fsp3) is 0.222. The van der Waals surface area contributed by atoms with E-state index in [4.69, 9.17) is 11.6 Å². The van der Waals surface area contributed by atoms with Gasteiger partial charge in [-0.3, -0.25) is 9.71 Å². The Morgan fingerprint density at radius 1 is 1.10 bits per heavy atom. The van der Waals surface area contributed by atoms with Crippen LogP contribution in [0.15, 0.2) is 41.9 Å². The summed E-state index contributed by atoms with van der Waals surface area (Å²) in [4.78, 5) is 8.36. The van der Waals surface area contributed by atoms with Gasteiger partial charge in [-0.15, -0.1) is 11.3 Å². The number of pyridine rings is 1. The molecule has 3 aromatic rings. The Bertz CT molecular complexity index is 1100. The summed E-state index contributed by atoms with van der Waals surface area (Å²) in [6.45, 7) is 0. The highest BCUT2D eigenvalue weighted by atomic mass is 35.5. The molecule has 0 fully saturated rings. The highest BCUT2D eigenvalue weighted by molar-refractivity contribution is 7.87. The van der Waals surface area contributed by atoms with Crippen molar-refractivity contribution in [3.05, 3.63) is 52.6 Å². The average molecular weight is 500 g/mol. The van der Waals surface area contributed by atoms with E-state index in [1.54, 1.807) is 11.4 Å². The Hall–Kier alpha value is -2.18. The molecule has 0 aliphatic heterocycles. The second kappa shape index (κ2) is 9.13. The van der Waals surface area contributed by atoms with Crippen molar-refractivity contribution in [3.63, 3.8) is 0 Å². The van der Waals surface area contributed by atoms with Gasteiger partial charge < -0.3 is 0 Å². The van der Waals surface area contributed by atoms with E-state index >= 15 is 0 Å². The van der Waals surface area contributed by atoms with Gasteiger partial charge in [-0.25, -0.2) is 9.19 Å². The number of nitrogens with one attached hydrogen (secondary N) is 1. The van der Waals surface area contributed by atoms with E-state index < -0.39 is 29.1 Å². The minimum absolute atomic E-state index is 0.0803. The highest BCUT2D eigenvalue weighted by Crippen LogP contribution is 2.35. The van der Waals surface area contributed by atoms with Crippen LogP contribution in [-0.4, -0.2) is 25.9 Å². The van der Waals surface area contributed by atoms with Gasteiger partial charge in [-0.05, 0) is 36.8 Å². The predicted molar refractivity (Wildman–Crippen MR) is 108 cm³/mol. The zero-order valence-electron chi connectivity index (χ0n) is 15.2. The van der Waals surface area contributed by atoms with Crippen molar-refractivity contribution < 1.29 is 30.6 Å². The molecule has 2 aromatic heterocycles. The zero-order chi connectivity index (χ0) is 22.8. The molecular formula is C18H12ClF6N3OS2. The van der Waals surface area contributed by atoms with Gasteiger partial charge in [-0.1, -0.05) is 11.6 Å². The molecule has 0 bridgehead atoms. The van der Waals surface area contributed by atoms with Crippen molar-refractivity contribution in [2.24, 2.45) is 0 Å². The van der Waals surface area contributed by atoms with Crippen molar-refractivity contribution in [3.8, 4) is 21.8 Å². The van der Waals surface area contributed by atoms with Crippen LogP contribution >= 0.6 is 22.9 Å². The lowest BCUT2D eigenvalue weighted by Crippen LogP contribution is -2.22. The first kappa shape index (κ1) is 23.5. The lowest BCUT2D eigenvalue weighted by molar-refractivity contribution is -0.134. The Labute approximate surface area is 183 Å². The third-order valence-corrected chi connectivity index (χ3v) is 5.94. The second-order valence-corrected chi connectivity index (χ2v) is 8.67. The third-order valence-electron chi connectivity index (χ3n) is 3.90. The lowest BCUT2D eigenvalue weighted by Gasteiger charge is -2.10. The number of nitrogens with zero attached hydrogens (tertiary/aromatic N) is 2. The zero-order valence-corrected chi connectivity index (χ0v) is 17.6. The van der Waals surface area contributed by atoms with Gasteiger partial charge >= 0.3 is 11.7 Å². The van der Waals surface area contributed by atoms with Crippen LogP contribution in [0.2, 0.25) is 5.02 Å². The summed E-state index contributed by atoms with van der Waals surface area (Å²) in [5.41, 5.74) is -3.28. The summed E-state index contributed by atoms with van der Waals surface area (Å²) in [5, 5.41) is 2.26. The summed E-state index contributed by atoms with van der Waals surface area (Å²) < 4.78 is 87.5. The lowest BCUT2D eigenvalue weighted by atomic mass is 10.1. The molecule has 31 heavy (non-hydrogen) atoms. The fourth-order valence-electron chi connectivity index (χ4n) is 2.50. The maximum Gasteiger partial charge on any atom is 0.490 e. The monoisotopic (exact) mass is 499 g/mol. The van der Waals surface area contributed by atoms with Gasteiger partial charge in [0, 0.05) is 40.5 Å². The third kappa shape index (κ3) is 6.40. The average Bonchev–Trinajstić information content (AvgIpc) is 3.15. The van der Waals surface area contributed by atoms with Crippen LogP contribution in [0.5, 0.6) is 0 Å². The molecule has 0 saturated carbocycles. The molecule has 1 N–H and O–H groups in total. The van der Waals surface area contributed by atoms with Gasteiger partial charge in [-0.2, -0.15) is 26.3 Å². The summed E-state index contributed by atoms with van der Waals surface area (Å²) in [6.07, 6.45) is -4.12. The van der Waals surface area contributed by atoms with Crippen LogP contribution in [0.3, 0.4) is 0 Å². The van der Waals surface area contributed by atoms with Crippen molar-refractivity contribution in [2.45, 2.75) is 24.5 Å². The smallest absolute Gasteiger partial charge is 0.298 e. The molecule has 0 aliphatic carbocycles. The molecule has 2 heterocycles. The predicted octanol–water partition coefficient (Wildman–Crippen LogP) is 6.62. The van der Waals surface area contributed by atoms with Crippen LogP contribution in [0.25, 0.3) is 21.8 Å². The molecule has 166 valence electrons. The largest absolute Gasteiger partial charge is 0.490 e. The van der Waals surface area contributed by atoms with Crippen LogP contribution in [0.4, 0.5) is 32.0 Å². The van der Waals surface area contributed by atoms with Crippen LogP contribution < -0.4 is 4.72 Å². The molecular weight excluding hydrogens is 488 g/mol. The van der Waals surface area contributed by atoms with Gasteiger partial charge in [0.15, 0.2) is 0 Å². The minimum Gasteiger partial charge on any atom is -0.298 e. The first-order valence-corrected chi connectivity index (χ1v) is 10.9. The number of hydrogen-bond acceptors (Lipinski definition) is 4. The van der Waals surface area contributed by atoms with Crippen LogP contribution in [0, 0.1) is 0 Å². The van der Waals surface area contributed by atoms with Gasteiger partial charge in [0.05, 0.1) is 10.7 Å². The molecule has 3 rings (SSSR count). The van der Waals surface area contributed by atoms with E-state index in [1.165, 1.54) is 41.8 Å². The Balaban J connectivity index is 1.79. The molecule has 1 atom stereocenters. The Morgan fingerprint density at radius 2 is 1.84 bits per heavy atom. The SMILES string of the molecule is O=S(Nc1ccc(-c2csc(-c3ccnc(CCC(F)(F)F)c3)n2)c(Cl)c1)C(F)(F)F. The van der Waals surface area contributed by atoms with Crippen molar-refractivity contribution in [1.82, 2.24) is 9.97 Å². The Kier molecular flexibility index (Phi) is 6.92. The molecule has 13 heteroatoms. The topological polar surface area (TPSA) is 54.9 Å². The van der Waals surface area contributed by atoms with Crippen molar-refractivity contribution >= 4 is 39.6 Å². The summed E-state index contributed by atoms with van der Waals surface area (Å²) in [7, 11) is -3.28. The van der Waals surface area contributed by atoms with E-state index in [1.807, 2.05) is 4.72 Å². The van der Waals surface area contributed by atoms with Crippen molar-refractivity contribution in [2.75, 3.05) is 4.72 Å². The maximum atomic E-state index is 12.4. The molecule has 0 saturated heterocycles. The number of thiazole rings is 1. The number of halogens is 7. The molecule has 0 amide bonds. The first-order valence-electron chi connectivity index (χ1n) is 8.45. The fourth-order valence-corrected chi connectivity index (χ4v) is 4.05. The molecule has 4 nitrogen and oxygen atoms in total. The number of aromatic nitrogens is 2. The molecule has 1 aromatic carbocycles. The van der Waals surface area contributed by atoms with E-state index in [-0.39, 0.29) is 22.8 Å². The van der Waals surface area contributed by atoms with E-state index in [9.17, 15) is 30.6 Å². The summed E-state index contributed by atoms with van der Waals surface area (Å²) in [5.74, 6) is 0. The van der Waals surface area contributed by atoms with Gasteiger partial charge in [0.25, 0.3) is 0 Å². The first-order chi connectivity index (χ1) is 14.4. The number of rotatable bonds is 6. The van der Waals surface area contributed by atoms with Gasteiger partial charge in [0.1, 0.15) is 5.01 Å². The maximum absolute atomic E-state index is 12.4. The van der Waals surface area contributed by atoms with Crippen molar-refractivity contribution in [1.29, 1.82) is 0 Å². The molecule has 1 unspecified atom stereocenters. The number of aryl methyl sites for hydroxylation is 1. The highest BCUT2D eigenvalue weighted by Gasteiger charge is 2.37. The van der Waals surface area contributed by atoms with Gasteiger partial charge in [0.2, 0.25) is 11.0 Å². The number of benzene rings is 1. The van der Waals surface area contributed by atoms with E-state index in [0.717, 1.165) is 0 Å². The molecule has 0 aliphatic rings.